The Hall–Kier alpha value is -2.82. The fourth-order valence-electron chi connectivity index (χ4n) is 5.61. The molecule has 0 bridgehead atoms. The molecule has 1 fully saturated rings. The molecule has 1 saturated heterocycles. The summed E-state index contributed by atoms with van der Waals surface area (Å²) in [6.45, 7) is 3.54. The second-order valence-corrected chi connectivity index (χ2v) is 10.0. The molecule has 36 heavy (non-hydrogen) atoms. The molecular formula is C27H31NO8. The number of ketones is 2. The first-order valence-electron chi connectivity index (χ1n) is 12.2. The van der Waals surface area contributed by atoms with Gasteiger partial charge in [-0.1, -0.05) is 19.1 Å². The standard InChI is InChI=1S/C27H31NO8/c1-4-27(33)10-16-14(19(11-27)36-20-9-17(28)23(29)12(2)35-20)8-15-22(26(16)32)24(30)13-6-5-7-18(34-3)21(13)25(15)31/h5-8,12,17,19-20,23,29,32-33H,4,9-11,28H2,1-3H3. The molecule has 192 valence electrons. The van der Waals surface area contributed by atoms with E-state index in [1.807, 2.05) is 6.92 Å². The average Bonchev–Trinajstić information content (AvgIpc) is 2.85. The first-order chi connectivity index (χ1) is 17.1. The topological polar surface area (TPSA) is 149 Å². The third kappa shape index (κ3) is 3.82. The zero-order valence-corrected chi connectivity index (χ0v) is 20.5. The Labute approximate surface area is 208 Å². The maximum Gasteiger partial charge on any atom is 0.198 e. The van der Waals surface area contributed by atoms with Gasteiger partial charge >= 0.3 is 0 Å². The van der Waals surface area contributed by atoms with E-state index in [1.54, 1.807) is 25.1 Å². The molecule has 0 radical (unpaired) electrons. The maximum absolute atomic E-state index is 13.6. The van der Waals surface area contributed by atoms with Crippen molar-refractivity contribution in [2.24, 2.45) is 5.73 Å². The van der Waals surface area contributed by atoms with Crippen molar-refractivity contribution in [3.05, 3.63) is 57.6 Å². The smallest absolute Gasteiger partial charge is 0.198 e. The number of aliphatic hydroxyl groups is 2. The van der Waals surface area contributed by atoms with Gasteiger partial charge in [-0.2, -0.15) is 0 Å². The van der Waals surface area contributed by atoms with Crippen molar-refractivity contribution in [1.82, 2.24) is 0 Å². The molecule has 1 heterocycles. The lowest BCUT2D eigenvalue weighted by Gasteiger charge is -2.42. The van der Waals surface area contributed by atoms with Gasteiger partial charge in [-0.3, -0.25) is 9.59 Å². The van der Waals surface area contributed by atoms with Gasteiger partial charge in [0.15, 0.2) is 17.9 Å². The number of rotatable bonds is 4. The maximum atomic E-state index is 13.6. The Morgan fingerprint density at radius 1 is 1.19 bits per heavy atom. The highest BCUT2D eigenvalue weighted by Gasteiger charge is 2.44. The zero-order valence-electron chi connectivity index (χ0n) is 20.5. The van der Waals surface area contributed by atoms with Crippen LogP contribution in [0.5, 0.6) is 11.5 Å². The van der Waals surface area contributed by atoms with Gasteiger partial charge in [0, 0.05) is 42.0 Å². The number of carbonyl (C=O) groups is 2. The van der Waals surface area contributed by atoms with Crippen LogP contribution in [-0.4, -0.2) is 64.1 Å². The number of methoxy groups -OCH3 is 1. The van der Waals surface area contributed by atoms with Crippen molar-refractivity contribution in [3.63, 3.8) is 0 Å². The molecule has 2 aromatic carbocycles. The Kier molecular flexibility index (Phi) is 6.17. The summed E-state index contributed by atoms with van der Waals surface area (Å²) in [5.41, 5.74) is 6.05. The molecule has 0 amide bonds. The van der Waals surface area contributed by atoms with Crippen LogP contribution in [0.1, 0.15) is 82.2 Å². The molecule has 5 rings (SSSR count). The van der Waals surface area contributed by atoms with E-state index in [0.29, 0.717) is 17.5 Å². The van der Waals surface area contributed by atoms with Crippen molar-refractivity contribution in [3.8, 4) is 11.5 Å². The normalized spacial score (nSPS) is 31.4. The number of phenolic OH excluding ortho intramolecular Hbond substituents is 1. The fraction of sp³-hybridized carbons (Fsp3) is 0.481. The highest BCUT2D eigenvalue weighted by atomic mass is 16.7. The molecule has 1 aliphatic heterocycles. The van der Waals surface area contributed by atoms with E-state index >= 15 is 0 Å². The quantitative estimate of drug-likeness (QED) is 0.425. The summed E-state index contributed by atoms with van der Waals surface area (Å²) >= 11 is 0. The van der Waals surface area contributed by atoms with Crippen LogP contribution in [0.2, 0.25) is 0 Å². The molecular weight excluding hydrogens is 466 g/mol. The van der Waals surface area contributed by atoms with E-state index in [1.165, 1.54) is 13.2 Å². The van der Waals surface area contributed by atoms with E-state index in [0.717, 1.165) is 0 Å². The Morgan fingerprint density at radius 3 is 2.58 bits per heavy atom. The van der Waals surface area contributed by atoms with Crippen molar-refractivity contribution in [2.45, 2.75) is 75.8 Å². The van der Waals surface area contributed by atoms with Crippen molar-refractivity contribution in [1.29, 1.82) is 0 Å². The fourth-order valence-corrected chi connectivity index (χ4v) is 5.61. The number of hydrogen-bond donors (Lipinski definition) is 4. The Morgan fingerprint density at radius 2 is 1.92 bits per heavy atom. The summed E-state index contributed by atoms with van der Waals surface area (Å²) < 4.78 is 17.4. The number of ether oxygens (including phenoxy) is 3. The number of fused-ring (bicyclic) bond motifs is 3. The summed E-state index contributed by atoms with van der Waals surface area (Å²) in [4.78, 5) is 27.0. The number of carbonyl (C=O) groups excluding carboxylic acids is 2. The highest BCUT2D eigenvalue weighted by Crippen LogP contribution is 2.48. The minimum atomic E-state index is -1.20. The minimum Gasteiger partial charge on any atom is -0.507 e. The van der Waals surface area contributed by atoms with E-state index < -0.39 is 47.8 Å². The first kappa shape index (κ1) is 24.9. The summed E-state index contributed by atoms with van der Waals surface area (Å²) in [6.07, 6.45) is -1.95. The molecule has 2 aromatic rings. The molecule has 0 saturated carbocycles. The number of phenols is 1. The van der Waals surface area contributed by atoms with Gasteiger partial charge in [-0.25, -0.2) is 0 Å². The van der Waals surface area contributed by atoms with Crippen LogP contribution >= 0.6 is 0 Å². The molecule has 6 unspecified atom stereocenters. The van der Waals surface area contributed by atoms with Crippen molar-refractivity contribution in [2.75, 3.05) is 7.11 Å². The van der Waals surface area contributed by atoms with Gasteiger partial charge in [0.05, 0.1) is 42.1 Å². The molecule has 6 atom stereocenters. The van der Waals surface area contributed by atoms with Crippen LogP contribution in [-0.2, 0) is 15.9 Å². The van der Waals surface area contributed by atoms with Gasteiger partial charge in [-0.05, 0) is 31.0 Å². The second kappa shape index (κ2) is 8.93. The third-order valence-corrected chi connectivity index (χ3v) is 7.77. The lowest BCUT2D eigenvalue weighted by molar-refractivity contribution is -0.247. The van der Waals surface area contributed by atoms with E-state index in [9.17, 15) is 24.9 Å². The van der Waals surface area contributed by atoms with E-state index in [4.69, 9.17) is 19.9 Å². The predicted molar refractivity (Wildman–Crippen MR) is 128 cm³/mol. The molecule has 5 N–H and O–H groups in total. The number of aromatic hydroxyl groups is 1. The molecule has 9 nitrogen and oxygen atoms in total. The SMILES string of the molecule is CCC1(O)Cc2c(cc3c(c2O)C(=O)c2cccc(OC)c2C3=O)C(OC2CC(N)C(O)C(C)O2)C1. The zero-order chi connectivity index (χ0) is 25.9. The minimum absolute atomic E-state index is 0.0637. The third-order valence-electron chi connectivity index (χ3n) is 7.77. The summed E-state index contributed by atoms with van der Waals surface area (Å²) in [6, 6.07) is 5.80. The van der Waals surface area contributed by atoms with Gasteiger partial charge in [0.2, 0.25) is 0 Å². The van der Waals surface area contributed by atoms with E-state index in [2.05, 4.69) is 0 Å². The monoisotopic (exact) mass is 497 g/mol. The van der Waals surface area contributed by atoms with Crippen LogP contribution in [0.15, 0.2) is 24.3 Å². The van der Waals surface area contributed by atoms with Crippen molar-refractivity contribution >= 4 is 11.6 Å². The lowest BCUT2D eigenvalue weighted by Crippen LogP contribution is -2.52. The number of aliphatic hydroxyl groups excluding tert-OH is 1. The summed E-state index contributed by atoms with van der Waals surface area (Å²) in [5.74, 6) is -0.956. The van der Waals surface area contributed by atoms with E-state index in [-0.39, 0.29) is 53.0 Å². The van der Waals surface area contributed by atoms with Gasteiger partial charge in [0.25, 0.3) is 0 Å². The van der Waals surface area contributed by atoms with Gasteiger partial charge in [0.1, 0.15) is 11.5 Å². The van der Waals surface area contributed by atoms with Crippen LogP contribution in [0.4, 0.5) is 0 Å². The predicted octanol–water partition coefficient (Wildman–Crippen LogP) is 2.14. The second-order valence-electron chi connectivity index (χ2n) is 10.0. The molecule has 9 heteroatoms. The number of benzene rings is 2. The summed E-state index contributed by atoms with van der Waals surface area (Å²) in [5, 5.41) is 32.8. The highest BCUT2D eigenvalue weighted by molar-refractivity contribution is 6.30. The van der Waals surface area contributed by atoms with Gasteiger partial charge in [-0.15, -0.1) is 0 Å². The van der Waals surface area contributed by atoms with Crippen molar-refractivity contribution < 1.29 is 39.1 Å². The Balaban J connectivity index is 1.61. The molecule has 0 aromatic heterocycles. The van der Waals surface area contributed by atoms with Crippen LogP contribution in [0, 0.1) is 0 Å². The largest absolute Gasteiger partial charge is 0.507 e. The van der Waals surface area contributed by atoms with Gasteiger partial charge < -0.3 is 35.3 Å². The molecule has 2 aliphatic carbocycles. The summed E-state index contributed by atoms with van der Waals surface area (Å²) in [7, 11) is 1.43. The van der Waals surface area contributed by atoms with Crippen LogP contribution in [0.25, 0.3) is 0 Å². The average molecular weight is 498 g/mol. The van der Waals surface area contributed by atoms with Crippen LogP contribution < -0.4 is 10.5 Å². The number of hydrogen-bond acceptors (Lipinski definition) is 9. The first-order valence-corrected chi connectivity index (χ1v) is 12.2. The Bertz CT molecular complexity index is 1230. The lowest BCUT2D eigenvalue weighted by atomic mass is 9.73. The van der Waals surface area contributed by atoms with Crippen LogP contribution in [0.3, 0.4) is 0 Å². The number of nitrogens with two attached hydrogens (primary N) is 1. The molecule has 0 spiro atoms. The molecule has 3 aliphatic rings.